The summed E-state index contributed by atoms with van der Waals surface area (Å²) in [4.78, 5) is 0. The van der Waals surface area contributed by atoms with E-state index in [9.17, 15) is 0 Å². The van der Waals surface area contributed by atoms with Crippen LogP contribution < -0.4 is 5.73 Å². The van der Waals surface area contributed by atoms with Gasteiger partial charge in [0.1, 0.15) is 0 Å². The van der Waals surface area contributed by atoms with Crippen LogP contribution >= 0.6 is 11.6 Å². The fourth-order valence-electron chi connectivity index (χ4n) is 2.05. The Kier molecular flexibility index (Phi) is 4.05. The maximum Gasteiger partial charge on any atom is 0.167 e. The highest BCUT2D eigenvalue weighted by Gasteiger charge is 2.31. The Bertz CT molecular complexity index is 377. The van der Waals surface area contributed by atoms with E-state index in [4.69, 9.17) is 26.8 Å². The molecule has 1 aliphatic rings. The van der Waals surface area contributed by atoms with Gasteiger partial charge >= 0.3 is 0 Å². The molecular formula is C13H18ClNO2. The minimum atomic E-state index is -0.569. The Morgan fingerprint density at radius 3 is 2.76 bits per heavy atom. The van der Waals surface area contributed by atoms with E-state index in [2.05, 4.69) is 0 Å². The summed E-state index contributed by atoms with van der Waals surface area (Å²) in [6.07, 6.45) is 1.58. The fraction of sp³-hybridized carbons (Fsp3) is 0.538. The predicted octanol–water partition coefficient (Wildman–Crippen LogP) is 2.88. The van der Waals surface area contributed by atoms with E-state index in [-0.39, 0.29) is 6.04 Å². The van der Waals surface area contributed by atoms with Crippen molar-refractivity contribution < 1.29 is 9.47 Å². The lowest BCUT2D eigenvalue weighted by molar-refractivity contribution is -0.260. The smallest absolute Gasteiger partial charge is 0.167 e. The quantitative estimate of drug-likeness (QED) is 0.903. The van der Waals surface area contributed by atoms with Crippen molar-refractivity contribution in [3.05, 3.63) is 34.9 Å². The molecule has 1 aromatic rings. The van der Waals surface area contributed by atoms with E-state index >= 15 is 0 Å². The summed E-state index contributed by atoms with van der Waals surface area (Å²) in [5.74, 6) is -0.569. The second-order valence-corrected chi connectivity index (χ2v) is 4.99. The van der Waals surface area contributed by atoms with Crippen molar-refractivity contribution in [1.29, 1.82) is 0 Å². The molecule has 0 aliphatic carbocycles. The molecule has 17 heavy (non-hydrogen) atoms. The first-order chi connectivity index (χ1) is 8.09. The summed E-state index contributed by atoms with van der Waals surface area (Å²) in [6, 6.07) is 7.48. The monoisotopic (exact) mass is 255 g/mol. The molecule has 94 valence electrons. The summed E-state index contributed by atoms with van der Waals surface area (Å²) in [5, 5.41) is 0.702. The van der Waals surface area contributed by atoms with Gasteiger partial charge in [-0.15, -0.1) is 0 Å². The Labute approximate surface area is 107 Å². The molecule has 1 atom stereocenters. The first-order valence-corrected chi connectivity index (χ1v) is 6.26. The van der Waals surface area contributed by atoms with E-state index in [0.717, 1.165) is 25.2 Å². The van der Waals surface area contributed by atoms with Crippen LogP contribution in [0.4, 0.5) is 0 Å². The summed E-state index contributed by atoms with van der Waals surface area (Å²) in [6.45, 7) is 3.41. The summed E-state index contributed by atoms with van der Waals surface area (Å²) in [7, 11) is 0. The van der Waals surface area contributed by atoms with Crippen LogP contribution in [0.15, 0.2) is 24.3 Å². The van der Waals surface area contributed by atoms with Gasteiger partial charge in [-0.2, -0.15) is 0 Å². The highest BCUT2D eigenvalue weighted by molar-refractivity contribution is 6.30. The van der Waals surface area contributed by atoms with Gasteiger partial charge in [0.2, 0.25) is 0 Å². The molecule has 0 radical (unpaired) electrons. The van der Waals surface area contributed by atoms with Crippen LogP contribution in [0.5, 0.6) is 0 Å². The molecule has 0 aromatic heterocycles. The summed E-state index contributed by atoms with van der Waals surface area (Å²) >= 11 is 5.95. The van der Waals surface area contributed by atoms with E-state index in [1.807, 2.05) is 31.2 Å². The lowest BCUT2D eigenvalue weighted by Crippen LogP contribution is -2.40. The zero-order chi connectivity index (χ0) is 12.3. The predicted molar refractivity (Wildman–Crippen MR) is 67.9 cm³/mol. The van der Waals surface area contributed by atoms with Crippen LogP contribution in [-0.4, -0.2) is 19.0 Å². The molecule has 3 nitrogen and oxygen atoms in total. The Hall–Kier alpha value is -0.610. The van der Waals surface area contributed by atoms with Gasteiger partial charge in [-0.05, 0) is 31.0 Å². The van der Waals surface area contributed by atoms with Gasteiger partial charge in [0.25, 0.3) is 0 Å². The van der Waals surface area contributed by atoms with Crippen LogP contribution in [0.3, 0.4) is 0 Å². The largest absolute Gasteiger partial charge is 0.350 e. The van der Waals surface area contributed by atoms with Crippen LogP contribution in [-0.2, 0) is 9.47 Å². The molecule has 1 aromatic carbocycles. The number of nitrogens with two attached hydrogens (primary N) is 1. The molecule has 1 heterocycles. The minimum absolute atomic E-state index is 0.128. The maximum absolute atomic E-state index is 6.16. The van der Waals surface area contributed by atoms with Crippen LogP contribution in [0, 0.1) is 0 Å². The molecule has 4 heteroatoms. The van der Waals surface area contributed by atoms with E-state index < -0.39 is 5.79 Å². The molecule has 1 unspecified atom stereocenters. The molecule has 0 saturated carbocycles. The van der Waals surface area contributed by atoms with Crippen molar-refractivity contribution in [2.75, 3.05) is 13.2 Å². The topological polar surface area (TPSA) is 44.5 Å². The van der Waals surface area contributed by atoms with Crippen molar-refractivity contribution in [2.24, 2.45) is 5.73 Å². The lowest BCUT2D eigenvalue weighted by Gasteiger charge is -2.35. The third-order valence-electron chi connectivity index (χ3n) is 2.97. The van der Waals surface area contributed by atoms with E-state index in [1.54, 1.807) is 0 Å². The molecule has 2 N–H and O–H groups in total. The van der Waals surface area contributed by atoms with Crippen molar-refractivity contribution in [3.63, 3.8) is 0 Å². The van der Waals surface area contributed by atoms with Crippen LogP contribution in [0.2, 0.25) is 5.02 Å². The zero-order valence-electron chi connectivity index (χ0n) is 9.99. The van der Waals surface area contributed by atoms with Gasteiger partial charge in [-0.25, -0.2) is 0 Å². The molecule has 0 spiro atoms. The molecule has 1 fully saturated rings. The first-order valence-electron chi connectivity index (χ1n) is 5.88. The van der Waals surface area contributed by atoms with E-state index in [0.29, 0.717) is 11.4 Å². The summed E-state index contributed by atoms with van der Waals surface area (Å²) < 4.78 is 11.3. The SMILES string of the molecule is CC1(CC(N)c2cccc(Cl)c2)OCCCO1. The number of hydrogen-bond acceptors (Lipinski definition) is 3. The Morgan fingerprint density at radius 2 is 2.12 bits per heavy atom. The van der Waals surface area contributed by atoms with Crippen molar-refractivity contribution in [2.45, 2.75) is 31.6 Å². The average molecular weight is 256 g/mol. The van der Waals surface area contributed by atoms with Gasteiger partial charge in [-0.3, -0.25) is 0 Å². The molecule has 0 amide bonds. The van der Waals surface area contributed by atoms with Gasteiger partial charge < -0.3 is 15.2 Å². The van der Waals surface area contributed by atoms with Gasteiger partial charge in [-0.1, -0.05) is 23.7 Å². The number of ether oxygens (including phenoxy) is 2. The van der Waals surface area contributed by atoms with Crippen molar-refractivity contribution in [1.82, 2.24) is 0 Å². The standard InChI is InChI=1S/C13H18ClNO2/c1-13(16-6-3-7-17-13)9-12(15)10-4-2-5-11(14)8-10/h2,4-5,8,12H,3,6-7,9,15H2,1H3. The number of hydrogen-bond donors (Lipinski definition) is 1. The third kappa shape index (κ3) is 3.42. The van der Waals surface area contributed by atoms with Crippen molar-refractivity contribution >= 4 is 11.6 Å². The van der Waals surface area contributed by atoms with Gasteiger partial charge in [0.05, 0.1) is 13.2 Å². The third-order valence-corrected chi connectivity index (χ3v) is 3.21. The first kappa shape index (κ1) is 12.8. The number of benzene rings is 1. The Morgan fingerprint density at radius 1 is 1.41 bits per heavy atom. The zero-order valence-corrected chi connectivity index (χ0v) is 10.7. The highest BCUT2D eigenvalue weighted by Crippen LogP contribution is 2.29. The number of rotatable bonds is 3. The molecule has 2 rings (SSSR count). The second-order valence-electron chi connectivity index (χ2n) is 4.55. The maximum atomic E-state index is 6.16. The van der Waals surface area contributed by atoms with Gasteiger partial charge in [0.15, 0.2) is 5.79 Å². The molecule has 1 saturated heterocycles. The average Bonchev–Trinajstić information content (AvgIpc) is 2.29. The van der Waals surface area contributed by atoms with E-state index in [1.165, 1.54) is 0 Å². The highest BCUT2D eigenvalue weighted by atomic mass is 35.5. The molecule has 1 aliphatic heterocycles. The molecule has 0 bridgehead atoms. The molecular weight excluding hydrogens is 238 g/mol. The lowest BCUT2D eigenvalue weighted by atomic mass is 10.00. The summed E-state index contributed by atoms with van der Waals surface area (Å²) in [5.41, 5.74) is 7.17. The van der Waals surface area contributed by atoms with Gasteiger partial charge in [0, 0.05) is 17.5 Å². The number of halogens is 1. The Balaban J connectivity index is 2.03. The van der Waals surface area contributed by atoms with Crippen LogP contribution in [0.25, 0.3) is 0 Å². The normalized spacial score (nSPS) is 21.1. The van der Waals surface area contributed by atoms with Crippen LogP contribution in [0.1, 0.15) is 31.4 Å². The fourth-order valence-corrected chi connectivity index (χ4v) is 2.25. The second kappa shape index (κ2) is 5.36. The minimum Gasteiger partial charge on any atom is -0.350 e. The van der Waals surface area contributed by atoms with Crippen molar-refractivity contribution in [3.8, 4) is 0 Å².